The van der Waals surface area contributed by atoms with Gasteiger partial charge in [0.15, 0.2) is 0 Å². The van der Waals surface area contributed by atoms with Gasteiger partial charge in [0.2, 0.25) is 5.91 Å². The molecular formula is C13H28BN3O5. The summed E-state index contributed by atoms with van der Waals surface area (Å²) in [5.74, 6) is -1.11. The van der Waals surface area contributed by atoms with Gasteiger partial charge < -0.3 is 31.5 Å². The molecule has 0 aromatic rings. The van der Waals surface area contributed by atoms with Crippen LogP contribution in [0.1, 0.15) is 39.5 Å². The zero-order valence-corrected chi connectivity index (χ0v) is 13.3. The number of nitrogens with one attached hydrogen (secondary N) is 2. The summed E-state index contributed by atoms with van der Waals surface area (Å²) in [6.07, 6.45) is 3.59. The van der Waals surface area contributed by atoms with Gasteiger partial charge in [-0.25, -0.2) is 0 Å². The van der Waals surface area contributed by atoms with Crippen molar-refractivity contribution < 1.29 is 24.7 Å². The molecule has 1 aliphatic heterocycles. The number of unbranched alkanes of at least 4 members (excludes halogenated alkanes) is 1. The number of nitrogens with two attached hydrogens (primary N) is 1. The third-order valence-electron chi connectivity index (χ3n) is 3.28. The standard InChI is InChI=1S/C9H17N3O3.C4H11BO2/c1-5(10)8(13)12-6-2-3-11-7(4-6)9(14)15;1-2-3-4-5(6)7/h5-7,11H,2-4,10H2,1H3,(H,12,13)(H,14,15);6-7H,2-4H2,1H3. The Balaban J connectivity index is 0.000000534. The van der Waals surface area contributed by atoms with Crippen LogP contribution in [0, 0.1) is 0 Å². The number of carboxylic acids is 1. The highest BCUT2D eigenvalue weighted by Crippen LogP contribution is 2.08. The Hall–Kier alpha value is -1.16. The zero-order valence-electron chi connectivity index (χ0n) is 13.3. The van der Waals surface area contributed by atoms with Crippen LogP contribution >= 0.6 is 0 Å². The molecule has 8 nitrogen and oxygen atoms in total. The average Bonchev–Trinajstić information content (AvgIpc) is 2.45. The first-order chi connectivity index (χ1) is 10.3. The summed E-state index contributed by atoms with van der Waals surface area (Å²) < 4.78 is 0. The summed E-state index contributed by atoms with van der Waals surface area (Å²) in [6.45, 7) is 4.22. The largest absolute Gasteiger partial charge is 0.480 e. The predicted molar refractivity (Wildman–Crippen MR) is 84.1 cm³/mol. The second kappa shape index (κ2) is 11.4. The van der Waals surface area contributed by atoms with Gasteiger partial charge in [0, 0.05) is 6.04 Å². The summed E-state index contributed by atoms with van der Waals surface area (Å²) in [7, 11) is -1.10. The van der Waals surface area contributed by atoms with Gasteiger partial charge in [-0.2, -0.15) is 0 Å². The molecule has 1 aliphatic rings. The van der Waals surface area contributed by atoms with E-state index < -0.39 is 25.2 Å². The summed E-state index contributed by atoms with van der Waals surface area (Å²) in [6, 6.07) is -1.22. The highest BCUT2D eigenvalue weighted by atomic mass is 16.4. The van der Waals surface area contributed by atoms with E-state index in [1.54, 1.807) is 6.92 Å². The lowest BCUT2D eigenvalue weighted by atomic mass is 9.84. The third kappa shape index (κ3) is 9.72. The fraction of sp³-hybridized carbons (Fsp3) is 0.846. The average molecular weight is 317 g/mol. The molecule has 3 unspecified atom stereocenters. The Morgan fingerprint density at radius 3 is 2.50 bits per heavy atom. The predicted octanol–water partition coefficient (Wildman–Crippen LogP) is -1.09. The number of piperidine rings is 1. The van der Waals surface area contributed by atoms with Gasteiger partial charge in [0.1, 0.15) is 6.04 Å². The number of hydrogen-bond donors (Lipinski definition) is 6. The molecule has 0 aromatic carbocycles. The fourth-order valence-electron chi connectivity index (χ4n) is 1.96. The quantitative estimate of drug-likeness (QED) is 0.342. The molecule has 1 fully saturated rings. The van der Waals surface area contributed by atoms with Crippen LogP contribution in [-0.4, -0.2) is 58.8 Å². The van der Waals surface area contributed by atoms with E-state index in [0.717, 1.165) is 19.3 Å². The van der Waals surface area contributed by atoms with Crippen LogP contribution in [0.3, 0.4) is 0 Å². The van der Waals surface area contributed by atoms with Crippen LogP contribution < -0.4 is 16.4 Å². The van der Waals surface area contributed by atoms with Gasteiger partial charge in [0.05, 0.1) is 6.04 Å². The molecule has 1 amide bonds. The first-order valence-electron chi connectivity index (χ1n) is 7.66. The topological polar surface area (TPSA) is 145 Å². The summed E-state index contributed by atoms with van der Waals surface area (Å²) >= 11 is 0. The number of carboxylic acid groups (broad SMARTS) is 1. The number of hydrogen-bond acceptors (Lipinski definition) is 6. The second-order valence-corrected chi connectivity index (χ2v) is 5.49. The van der Waals surface area contributed by atoms with Crippen molar-refractivity contribution in [2.24, 2.45) is 5.73 Å². The summed E-state index contributed by atoms with van der Waals surface area (Å²) in [5.41, 5.74) is 5.40. The first kappa shape index (κ1) is 20.8. The molecule has 0 spiro atoms. The molecule has 1 heterocycles. The molecule has 0 radical (unpaired) electrons. The maximum atomic E-state index is 11.3. The smallest absolute Gasteiger partial charge is 0.451 e. The highest BCUT2D eigenvalue weighted by molar-refractivity contribution is 6.40. The molecule has 0 bridgehead atoms. The van der Waals surface area contributed by atoms with Crippen LogP contribution in [0.2, 0.25) is 6.32 Å². The minimum Gasteiger partial charge on any atom is -0.480 e. The molecule has 0 aromatic heterocycles. The SMILES string of the molecule is CC(N)C(=O)NC1CCNC(C(=O)O)C1.CCCCB(O)O. The van der Waals surface area contributed by atoms with Crippen LogP contribution in [0.5, 0.6) is 0 Å². The molecule has 1 saturated heterocycles. The first-order valence-corrected chi connectivity index (χ1v) is 7.66. The zero-order chi connectivity index (χ0) is 17.1. The maximum Gasteiger partial charge on any atom is 0.451 e. The van der Waals surface area contributed by atoms with E-state index in [9.17, 15) is 9.59 Å². The third-order valence-corrected chi connectivity index (χ3v) is 3.28. The lowest BCUT2D eigenvalue weighted by molar-refractivity contribution is -0.140. The van der Waals surface area contributed by atoms with E-state index >= 15 is 0 Å². The van der Waals surface area contributed by atoms with Crippen molar-refractivity contribution in [3.05, 3.63) is 0 Å². The van der Waals surface area contributed by atoms with Crippen molar-refractivity contribution in [2.75, 3.05) is 6.54 Å². The highest BCUT2D eigenvalue weighted by Gasteiger charge is 2.27. The number of amides is 1. The van der Waals surface area contributed by atoms with E-state index in [4.69, 9.17) is 20.9 Å². The Kier molecular flexibility index (Phi) is 10.8. The van der Waals surface area contributed by atoms with Crippen LogP contribution in [0.15, 0.2) is 0 Å². The minimum atomic E-state index is -1.10. The van der Waals surface area contributed by atoms with Gasteiger partial charge in [-0.3, -0.25) is 9.59 Å². The van der Waals surface area contributed by atoms with Crippen LogP contribution in [-0.2, 0) is 9.59 Å². The van der Waals surface area contributed by atoms with E-state index in [2.05, 4.69) is 10.6 Å². The summed E-state index contributed by atoms with van der Waals surface area (Å²) in [5, 5.41) is 30.9. The molecule has 22 heavy (non-hydrogen) atoms. The molecule has 9 heteroatoms. The molecule has 1 rings (SSSR count). The van der Waals surface area contributed by atoms with Crippen molar-refractivity contribution in [1.29, 1.82) is 0 Å². The molecule has 128 valence electrons. The Bertz CT molecular complexity index is 342. The van der Waals surface area contributed by atoms with E-state index in [1.807, 2.05) is 6.92 Å². The fourth-order valence-corrected chi connectivity index (χ4v) is 1.96. The van der Waals surface area contributed by atoms with Crippen LogP contribution in [0.4, 0.5) is 0 Å². The molecule has 0 saturated carbocycles. The van der Waals surface area contributed by atoms with Crippen molar-refractivity contribution >= 4 is 19.0 Å². The molecular weight excluding hydrogens is 289 g/mol. The second-order valence-electron chi connectivity index (χ2n) is 5.49. The lowest BCUT2D eigenvalue weighted by Crippen LogP contribution is -2.53. The Morgan fingerprint density at radius 2 is 2.09 bits per heavy atom. The van der Waals surface area contributed by atoms with Gasteiger partial charge in [-0.15, -0.1) is 0 Å². The Labute approximate surface area is 131 Å². The number of rotatable bonds is 6. The van der Waals surface area contributed by atoms with Gasteiger partial charge in [-0.05, 0) is 32.6 Å². The number of carbonyl (C=O) groups is 2. The van der Waals surface area contributed by atoms with Crippen molar-refractivity contribution in [1.82, 2.24) is 10.6 Å². The van der Waals surface area contributed by atoms with Crippen molar-refractivity contribution in [2.45, 2.75) is 64.0 Å². The van der Waals surface area contributed by atoms with Gasteiger partial charge in [-0.1, -0.05) is 19.8 Å². The maximum absolute atomic E-state index is 11.3. The Morgan fingerprint density at radius 1 is 1.45 bits per heavy atom. The van der Waals surface area contributed by atoms with E-state index in [1.165, 1.54) is 0 Å². The van der Waals surface area contributed by atoms with Crippen molar-refractivity contribution in [3.63, 3.8) is 0 Å². The monoisotopic (exact) mass is 317 g/mol. The normalized spacial score (nSPS) is 22.0. The number of carbonyl (C=O) groups excluding carboxylic acids is 1. The minimum absolute atomic E-state index is 0.0918. The molecule has 0 aliphatic carbocycles. The van der Waals surface area contributed by atoms with Gasteiger partial charge >= 0.3 is 13.1 Å². The van der Waals surface area contributed by atoms with E-state index in [-0.39, 0.29) is 11.9 Å². The molecule has 3 atom stereocenters. The summed E-state index contributed by atoms with van der Waals surface area (Å²) in [4.78, 5) is 22.0. The number of aliphatic carboxylic acids is 1. The van der Waals surface area contributed by atoms with Gasteiger partial charge in [0.25, 0.3) is 0 Å². The lowest BCUT2D eigenvalue weighted by Gasteiger charge is -2.28. The van der Waals surface area contributed by atoms with E-state index in [0.29, 0.717) is 19.3 Å². The van der Waals surface area contributed by atoms with Crippen LogP contribution in [0.25, 0.3) is 0 Å². The molecule has 7 N–H and O–H groups in total. The van der Waals surface area contributed by atoms with Crippen molar-refractivity contribution in [3.8, 4) is 0 Å².